The van der Waals surface area contributed by atoms with Crippen molar-refractivity contribution >= 4 is 29.1 Å². The molecule has 0 bridgehead atoms. The summed E-state index contributed by atoms with van der Waals surface area (Å²) in [7, 11) is 1.35. The van der Waals surface area contributed by atoms with Gasteiger partial charge in [0.15, 0.2) is 5.82 Å². The van der Waals surface area contributed by atoms with Crippen LogP contribution in [0.15, 0.2) is 16.9 Å². The number of ether oxygens (including phenoxy) is 1. The van der Waals surface area contributed by atoms with E-state index in [0.29, 0.717) is 37.5 Å². The normalized spacial score (nSPS) is 14.9. The van der Waals surface area contributed by atoms with E-state index in [1.54, 1.807) is 17.9 Å². The Hall–Kier alpha value is -3.24. The average Bonchev–Trinajstić information content (AvgIpc) is 3.05. The van der Waals surface area contributed by atoms with Gasteiger partial charge in [-0.2, -0.15) is 0 Å². The lowest BCUT2D eigenvalue weighted by Crippen LogP contribution is -2.37. The van der Waals surface area contributed by atoms with Gasteiger partial charge in [0.25, 0.3) is 0 Å². The molecule has 1 fully saturated rings. The molecule has 0 radical (unpaired) electrons. The summed E-state index contributed by atoms with van der Waals surface area (Å²) in [5.74, 6) is 0.659. The summed E-state index contributed by atoms with van der Waals surface area (Å²) in [5.41, 5.74) is -0.246. The zero-order valence-corrected chi connectivity index (χ0v) is 14.3. The lowest BCUT2D eigenvalue weighted by atomic mass is 9.97. The Kier molecular flexibility index (Phi) is 4.96. The number of nitrogens with zero attached hydrogens (tertiary/aromatic N) is 5. The number of piperidine rings is 1. The molecule has 1 aliphatic heterocycles. The molecule has 1 N–H and O–H groups in total. The summed E-state index contributed by atoms with van der Waals surface area (Å²) in [4.78, 5) is 32.6. The molecule has 0 spiro atoms. The molecule has 0 atom stereocenters. The maximum Gasteiger partial charge on any atom is 0.353 e. The van der Waals surface area contributed by atoms with E-state index in [1.165, 1.54) is 13.4 Å². The van der Waals surface area contributed by atoms with Crippen molar-refractivity contribution in [2.24, 2.45) is 5.92 Å². The highest BCUT2D eigenvalue weighted by Gasteiger charge is 2.32. The summed E-state index contributed by atoms with van der Waals surface area (Å²) in [6.45, 7) is 2.63. The summed E-state index contributed by atoms with van der Waals surface area (Å²) in [5, 5.41) is 18.2. The predicted octanol–water partition coefficient (Wildman–Crippen LogP) is 1.81. The van der Waals surface area contributed by atoms with Gasteiger partial charge in [-0.15, -0.1) is 0 Å². The van der Waals surface area contributed by atoms with Crippen LogP contribution in [0.5, 0.6) is 0 Å². The van der Waals surface area contributed by atoms with Crippen LogP contribution in [0.1, 0.15) is 18.6 Å². The van der Waals surface area contributed by atoms with E-state index >= 15 is 0 Å². The van der Waals surface area contributed by atoms with Gasteiger partial charge in [-0.1, -0.05) is 5.16 Å². The van der Waals surface area contributed by atoms with Gasteiger partial charge in [0, 0.05) is 19.2 Å². The molecule has 0 amide bonds. The molecule has 0 unspecified atom stereocenters. The Morgan fingerprint density at radius 2 is 2.15 bits per heavy atom. The van der Waals surface area contributed by atoms with Crippen molar-refractivity contribution < 1.29 is 19.0 Å². The molecular weight excluding hydrogens is 344 g/mol. The number of aromatic nitrogens is 3. The van der Waals surface area contributed by atoms with Crippen LogP contribution >= 0.6 is 0 Å². The number of hydrogen-bond acceptors (Lipinski definition) is 10. The van der Waals surface area contributed by atoms with Gasteiger partial charge in [0.2, 0.25) is 11.6 Å². The Morgan fingerprint density at radius 1 is 1.42 bits per heavy atom. The number of esters is 1. The monoisotopic (exact) mass is 362 g/mol. The van der Waals surface area contributed by atoms with Crippen LogP contribution in [0, 0.1) is 23.0 Å². The highest BCUT2D eigenvalue weighted by Crippen LogP contribution is 2.35. The Labute approximate surface area is 148 Å². The second kappa shape index (κ2) is 7.33. The van der Waals surface area contributed by atoms with Crippen molar-refractivity contribution in [1.82, 2.24) is 15.1 Å². The average molecular weight is 362 g/mol. The van der Waals surface area contributed by atoms with Crippen molar-refractivity contribution in [3.63, 3.8) is 0 Å². The van der Waals surface area contributed by atoms with Crippen LogP contribution in [0.4, 0.5) is 23.1 Å². The Morgan fingerprint density at radius 3 is 2.73 bits per heavy atom. The summed E-state index contributed by atoms with van der Waals surface area (Å²) in [6, 6.07) is 1.60. The van der Waals surface area contributed by atoms with Crippen LogP contribution in [0.3, 0.4) is 0 Å². The zero-order chi connectivity index (χ0) is 18.7. The first-order valence-corrected chi connectivity index (χ1v) is 8.02. The van der Waals surface area contributed by atoms with Gasteiger partial charge in [-0.05, 0) is 19.8 Å². The van der Waals surface area contributed by atoms with Gasteiger partial charge in [-0.3, -0.25) is 14.9 Å². The molecule has 0 aromatic carbocycles. The minimum Gasteiger partial charge on any atom is -0.469 e. The summed E-state index contributed by atoms with van der Waals surface area (Å²) in [6.07, 6.45) is 2.34. The SMILES string of the molecule is COC(=O)C1CCN(c2ncnc(Nc3cc(C)on3)c2[N+](=O)[O-])CC1. The van der Waals surface area contributed by atoms with Crippen LogP contribution < -0.4 is 10.2 Å². The molecule has 0 aliphatic carbocycles. The lowest BCUT2D eigenvalue weighted by molar-refractivity contribution is -0.383. The van der Waals surface area contributed by atoms with Crippen LogP contribution in [0.25, 0.3) is 0 Å². The molecule has 1 saturated heterocycles. The van der Waals surface area contributed by atoms with E-state index in [4.69, 9.17) is 9.26 Å². The minimum atomic E-state index is -0.531. The first-order chi connectivity index (χ1) is 12.5. The highest BCUT2D eigenvalue weighted by molar-refractivity contribution is 5.75. The Balaban J connectivity index is 1.84. The third-order valence-electron chi connectivity index (χ3n) is 4.19. The largest absolute Gasteiger partial charge is 0.469 e. The molecule has 3 heterocycles. The van der Waals surface area contributed by atoms with Crippen molar-refractivity contribution in [3.8, 4) is 0 Å². The fourth-order valence-corrected chi connectivity index (χ4v) is 2.90. The number of nitrogens with one attached hydrogen (secondary N) is 1. The van der Waals surface area contributed by atoms with Gasteiger partial charge < -0.3 is 19.5 Å². The zero-order valence-electron chi connectivity index (χ0n) is 14.3. The molecule has 26 heavy (non-hydrogen) atoms. The molecule has 2 aromatic heterocycles. The van der Waals surface area contributed by atoms with E-state index in [0.717, 1.165) is 0 Å². The number of hydrogen-bond donors (Lipinski definition) is 1. The Bertz CT molecular complexity index is 815. The third-order valence-corrected chi connectivity index (χ3v) is 4.19. The second-order valence-corrected chi connectivity index (χ2v) is 5.88. The van der Waals surface area contributed by atoms with Gasteiger partial charge >= 0.3 is 11.7 Å². The molecule has 11 heteroatoms. The van der Waals surface area contributed by atoms with Crippen molar-refractivity contribution in [2.75, 3.05) is 30.4 Å². The number of anilines is 3. The maximum absolute atomic E-state index is 11.6. The summed E-state index contributed by atoms with van der Waals surface area (Å²) >= 11 is 0. The quantitative estimate of drug-likeness (QED) is 0.476. The molecule has 11 nitrogen and oxygen atoms in total. The molecule has 138 valence electrons. The number of carbonyl (C=O) groups excluding carboxylic acids is 1. The maximum atomic E-state index is 11.6. The van der Waals surface area contributed by atoms with E-state index in [-0.39, 0.29) is 29.2 Å². The number of rotatable bonds is 5. The summed E-state index contributed by atoms with van der Waals surface area (Å²) < 4.78 is 9.71. The van der Waals surface area contributed by atoms with Crippen molar-refractivity contribution in [1.29, 1.82) is 0 Å². The number of methoxy groups -OCH3 is 1. The minimum absolute atomic E-state index is 0.0309. The van der Waals surface area contributed by atoms with Crippen molar-refractivity contribution in [3.05, 3.63) is 28.3 Å². The standard InChI is InChI=1S/C15H18N6O5/c1-9-7-11(19-26-9)18-13-12(21(23)24)14(17-8-16-13)20-5-3-10(4-6-20)15(22)25-2/h7-8,10H,3-6H2,1-2H3,(H,16,17,18,19). The van der Waals surface area contributed by atoms with Gasteiger partial charge in [0.1, 0.15) is 12.1 Å². The van der Waals surface area contributed by atoms with E-state index in [9.17, 15) is 14.9 Å². The second-order valence-electron chi connectivity index (χ2n) is 5.88. The topological polar surface area (TPSA) is 137 Å². The smallest absolute Gasteiger partial charge is 0.353 e. The molecular formula is C15H18N6O5. The molecule has 2 aromatic rings. The van der Waals surface area contributed by atoms with Crippen molar-refractivity contribution in [2.45, 2.75) is 19.8 Å². The molecule has 0 saturated carbocycles. The van der Waals surface area contributed by atoms with Gasteiger partial charge in [0.05, 0.1) is 18.0 Å². The fourth-order valence-electron chi connectivity index (χ4n) is 2.90. The first-order valence-electron chi connectivity index (χ1n) is 8.02. The fraction of sp³-hybridized carbons (Fsp3) is 0.467. The van der Waals surface area contributed by atoms with Gasteiger partial charge in [-0.25, -0.2) is 9.97 Å². The van der Waals surface area contributed by atoms with E-state index in [1.807, 2.05) is 0 Å². The third kappa shape index (κ3) is 3.55. The number of nitro groups is 1. The lowest BCUT2D eigenvalue weighted by Gasteiger charge is -2.31. The molecule has 1 aliphatic rings. The molecule has 3 rings (SSSR count). The van der Waals surface area contributed by atoms with Crippen LogP contribution in [-0.4, -0.2) is 46.2 Å². The van der Waals surface area contributed by atoms with E-state index < -0.39 is 4.92 Å². The van der Waals surface area contributed by atoms with Crippen LogP contribution in [-0.2, 0) is 9.53 Å². The van der Waals surface area contributed by atoms with E-state index in [2.05, 4.69) is 20.4 Å². The van der Waals surface area contributed by atoms with Crippen LogP contribution in [0.2, 0.25) is 0 Å². The number of aryl methyl sites for hydroxylation is 1. The number of carbonyl (C=O) groups is 1. The highest BCUT2D eigenvalue weighted by atomic mass is 16.6. The predicted molar refractivity (Wildman–Crippen MR) is 90.2 cm³/mol. The first kappa shape index (κ1) is 17.6.